The van der Waals surface area contributed by atoms with E-state index in [0.717, 1.165) is 9.13 Å². The number of imide groups is 1. The van der Waals surface area contributed by atoms with Gasteiger partial charge in [0.25, 0.3) is 5.91 Å². The van der Waals surface area contributed by atoms with Crippen molar-refractivity contribution in [3.8, 4) is 11.8 Å². The van der Waals surface area contributed by atoms with Crippen LogP contribution < -0.4 is 15.8 Å². The highest BCUT2D eigenvalue weighted by molar-refractivity contribution is 14.1. The van der Waals surface area contributed by atoms with Crippen LogP contribution in [0.25, 0.3) is 6.08 Å². The zero-order valence-electron chi connectivity index (χ0n) is 13.0. The molecule has 0 saturated carbocycles. The van der Waals surface area contributed by atoms with Crippen LogP contribution in [0, 0.1) is 14.9 Å². The Labute approximate surface area is 158 Å². The maximum Gasteiger partial charge on any atom is 0.319 e. The molecule has 0 spiro atoms. The Kier molecular flexibility index (Phi) is 6.54. The molecule has 2 rings (SSSR count). The van der Waals surface area contributed by atoms with Crippen LogP contribution in [0.2, 0.25) is 0 Å². The predicted molar refractivity (Wildman–Crippen MR) is 101 cm³/mol. The molecule has 2 aromatic rings. The molecule has 0 saturated heterocycles. The number of hydrogen-bond donors (Lipinski definition) is 2. The Balaban J connectivity index is 2.02. The molecular formula is C18H14IN3O3. The van der Waals surface area contributed by atoms with Crippen LogP contribution >= 0.6 is 22.6 Å². The molecule has 0 aliphatic heterocycles. The number of hydrogen-bond acceptors (Lipinski definition) is 4. The third kappa shape index (κ3) is 5.93. The summed E-state index contributed by atoms with van der Waals surface area (Å²) in [5.74, 6) is -0.176. The number of carbonyl (C=O) groups excluding carboxylic acids is 2. The standard InChI is InChI=1S/C18H14IN3O3/c19-15-5-1-13(2-6-15)11-25-16-7-3-12(4-8-16)9-14(10-20)17(23)22-18(21)24/h1-9H,11H2,(H3,21,22,23,24)/b14-9-. The number of ether oxygens (including phenoxy) is 1. The lowest BCUT2D eigenvalue weighted by molar-refractivity contribution is -0.115. The summed E-state index contributed by atoms with van der Waals surface area (Å²) in [6.07, 6.45) is 1.36. The number of amides is 3. The number of carbonyl (C=O) groups is 2. The van der Waals surface area contributed by atoms with E-state index in [0.29, 0.717) is 17.9 Å². The minimum Gasteiger partial charge on any atom is -0.489 e. The minimum absolute atomic E-state index is 0.216. The molecule has 126 valence electrons. The Hall–Kier alpha value is -2.86. The second kappa shape index (κ2) is 8.84. The fraction of sp³-hybridized carbons (Fsp3) is 0.0556. The Morgan fingerprint density at radius 2 is 1.80 bits per heavy atom. The minimum atomic E-state index is -1.01. The summed E-state index contributed by atoms with van der Waals surface area (Å²) in [7, 11) is 0. The molecule has 0 atom stereocenters. The van der Waals surface area contributed by atoms with E-state index in [-0.39, 0.29) is 5.57 Å². The van der Waals surface area contributed by atoms with Gasteiger partial charge in [-0.3, -0.25) is 10.1 Å². The van der Waals surface area contributed by atoms with Crippen LogP contribution in [0.1, 0.15) is 11.1 Å². The molecule has 0 aromatic heterocycles. The lowest BCUT2D eigenvalue weighted by Gasteiger charge is -2.07. The first-order valence-corrected chi connectivity index (χ1v) is 8.25. The predicted octanol–water partition coefficient (Wildman–Crippen LogP) is 2.97. The lowest BCUT2D eigenvalue weighted by atomic mass is 10.1. The maximum atomic E-state index is 11.6. The number of nitrogens with zero attached hydrogens (tertiary/aromatic N) is 1. The average Bonchev–Trinajstić information content (AvgIpc) is 2.59. The molecule has 3 N–H and O–H groups in total. The average molecular weight is 447 g/mol. The van der Waals surface area contributed by atoms with E-state index in [1.54, 1.807) is 30.3 Å². The lowest BCUT2D eigenvalue weighted by Crippen LogP contribution is -2.35. The second-order valence-corrected chi connectivity index (χ2v) is 6.22. The van der Waals surface area contributed by atoms with E-state index >= 15 is 0 Å². The molecule has 6 nitrogen and oxygen atoms in total. The van der Waals surface area contributed by atoms with Crippen LogP contribution in [-0.2, 0) is 11.4 Å². The van der Waals surface area contributed by atoms with Crippen molar-refractivity contribution in [1.82, 2.24) is 5.32 Å². The highest BCUT2D eigenvalue weighted by Gasteiger charge is 2.10. The van der Waals surface area contributed by atoms with Crippen LogP contribution in [-0.4, -0.2) is 11.9 Å². The van der Waals surface area contributed by atoms with Crippen molar-refractivity contribution in [2.45, 2.75) is 6.61 Å². The highest BCUT2D eigenvalue weighted by atomic mass is 127. The van der Waals surface area contributed by atoms with Crippen molar-refractivity contribution in [3.63, 3.8) is 0 Å². The SMILES string of the molecule is N#C/C(=C/c1ccc(OCc2ccc(I)cc2)cc1)C(=O)NC(N)=O. The van der Waals surface area contributed by atoms with E-state index < -0.39 is 11.9 Å². The van der Waals surface area contributed by atoms with Crippen LogP contribution in [0.4, 0.5) is 4.79 Å². The van der Waals surface area contributed by atoms with Crippen molar-refractivity contribution in [2.24, 2.45) is 5.73 Å². The molecular weight excluding hydrogens is 433 g/mol. The Morgan fingerprint density at radius 1 is 1.16 bits per heavy atom. The highest BCUT2D eigenvalue weighted by Crippen LogP contribution is 2.16. The first-order chi connectivity index (χ1) is 12.0. The van der Waals surface area contributed by atoms with E-state index in [9.17, 15) is 9.59 Å². The van der Waals surface area contributed by atoms with Gasteiger partial charge in [0.1, 0.15) is 24.0 Å². The number of rotatable bonds is 5. The van der Waals surface area contributed by atoms with Gasteiger partial charge in [0.05, 0.1) is 0 Å². The number of nitrogens with two attached hydrogens (primary N) is 1. The van der Waals surface area contributed by atoms with Gasteiger partial charge in [-0.25, -0.2) is 4.79 Å². The molecule has 0 radical (unpaired) electrons. The summed E-state index contributed by atoms with van der Waals surface area (Å²) < 4.78 is 6.85. The van der Waals surface area contributed by atoms with Gasteiger partial charge in [-0.05, 0) is 64.1 Å². The number of nitrogens with one attached hydrogen (secondary N) is 1. The summed E-state index contributed by atoms with van der Waals surface area (Å²) in [5.41, 5.74) is 6.33. The van der Waals surface area contributed by atoms with Crippen molar-refractivity contribution in [2.75, 3.05) is 0 Å². The van der Waals surface area contributed by atoms with E-state index in [2.05, 4.69) is 22.6 Å². The van der Waals surface area contributed by atoms with E-state index in [1.165, 1.54) is 6.08 Å². The van der Waals surface area contributed by atoms with Crippen molar-refractivity contribution >= 4 is 40.6 Å². The first-order valence-electron chi connectivity index (χ1n) is 7.18. The quantitative estimate of drug-likeness (QED) is 0.418. The molecule has 3 amide bonds. The third-order valence-electron chi connectivity index (χ3n) is 3.11. The fourth-order valence-corrected chi connectivity index (χ4v) is 2.26. The van der Waals surface area contributed by atoms with E-state index in [1.807, 2.05) is 29.6 Å². The summed E-state index contributed by atoms with van der Waals surface area (Å²) in [5, 5.41) is 10.9. The molecule has 25 heavy (non-hydrogen) atoms. The molecule has 0 unspecified atom stereocenters. The Morgan fingerprint density at radius 3 is 2.36 bits per heavy atom. The Bertz CT molecular complexity index is 837. The first kappa shape index (κ1) is 18.5. The van der Waals surface area contributed by atoms with Gasteiger partial charge in [-0.15, -0.1) is 0 Å². The number of urea groups is 1. The van der Waals surface area contributed by atoms with Gasteiger partial charge >= 0.3 is 6.03 Å². The van der Waals surface area contributed by atoms with Crippen molar-refractivity contribution in [1.29, 1.82) is 5.26 Å². The van der Waals surface area contributed by atoms with Crippen LogP contribution in [0.5, 0.6) is 5.75 Å². The number of nitriles is 1. The van der Waals surface area contributed by atoms with Gasteiger partial charge in [-0.1, -0.05) is 24.3 Å². The summed E-state index contributed by atoms with van der Waals surface area (Å²) in [4.78, 5) is 22.3. The largest absolute Gasteiger partial charge is 0.489 e. The molecule has 0 bridgehead atoms. The van der Waals surface area contributed by atoms with Gasteiger partial charge < -0.3 is 10.5 Å². The van der Waals surface area contributed by atoms with Crippen LogP contribution in [0.15, 0.2) is 54.1 Å². The molecule has 0 aliphatic rings. The fourth-order valence-electron chi connectivity index (χ4n) is 1.90. The monoisotopic (exact) mass is 447 g/mol. The topological polar surface area (TPSA) is 105 Å². The number of primary amides is 1. The summed E-state index contributed by atoms with van der Waals surface area (Å²) in [6.45, 7) is 0.441. The molecule has 7 heteroatoms. The number of halogens is 1. The summed E-state index contributed by atoms with van der Waals surface area (Å²) >= 11 is 2.24. The van der Waals surface area contributed by atoms with Gasteiger partial charge in [-0.2, -0.15) is 5.26 Å². The molecule has 0 heterocycles. The second-order valence-electron chi connectivity index (χ2n) is 4.97. The van der Waals surface area contributed by atoms with Crippen molar-refractivity contribution < 1.29 is 14.3 Å². The summed E-state index contributed by atoms with van der Waals surface area (Å²) in [6, 6.07) is 15.6. The van der Waals surface area contributed by atoms with Gasteiger partial charge in [0.2, 0.25) is 0 Å². The van der Waals surface area contributed by atoms with E-state index in [4.69, 9.17) is 15.7 Å². The zero-order valence-corrected chi connectivity index (χ0v) is 15.2. The normalized spacial score (nSPS) is 10.6. The van der Waals surface area contributed by atoms with Crippen molar-refractivity contribution in [3.05, 3.63) is 68.8 Å². The van der Waals surface area contributed by atoms with Crippen LogP contribution in [0.3, 0.4) is 0 Å². The van der Waals surface area contributed by atoms with Gasteiger partial charge in [0.15, 0.2) is 0 Å². The van der Waals surface area contributed by atoms with Gasteiger partial charge in [0, 0.05) is 3.57 Å². The zero-order chi connectivity index (χ0) is 18.2. The third-order valence-corrected chi connectivity index (χ3v) is 3.83. The number of benzene rings is 2. The smallest absolute Gasteiger partial charge is 0.319 e. The molecule has 0 aliphatic carbocycles. The molecule has 2 aromatic carbocycles. The molecule has 0 fully saturated rings. The maximum absolute atomic E-state index is 11.6.